The van der Waals surface area contributed by atoms with Gasteiger partial charge >= 0.3 is 6.01 Å². The number of unbranched alkanes of at least 4 members (excludes halogenated alkanes) is 4. The first-order chi connectivity index (χ1) is 16.0. The maximum atomic E-state index is 12.3. The van der Waals surface area contributed by atoms with E-state index in [0.29, 0.717) is 25.0 Å². The Hall–Kier alpha value is -3.15. The number of rotatable bonds is 12. The van der Waals surface area contributed by atoms with E-state index in [-0.39, 0.29) is 5.91 Å². The molecule has 0 saturated heterocycles. The summed E-state index contributed by atoms with van der Waals surface area (Å²) in [7, 11) is 0. The highest BCUT2D eigenvalue weighted by atomic mass is 16.5. The zero-order chi connectivity index (χ0) is 23.6. The van der Waals surface area contributed by atoms with Gasteiger partial charge in [-0.15, -0.1) is 5.10 Å². The van der Waals surface area contributed by atoms with Crippen molar-refractivity contribution in [2.45, 2.75) is 66.2 Å². The van der Waals surface area contributed by atoms with E-state index in [4.69, 9.17) is 4.74 Å². The number of carbonyl (C=O) groups excluding carboxylic acids is 1. The maximum absolute atomic E-state index is 12.3. The number of aryl methyl sites for hydroxylation is 1. The molecule has 1 amide bonds. The van der Waals surface area contributed by atoms with Gasteiger partial charge in [0.25, 0.3) is 0 Å². The second-order valence-corrected chi connectivity index (χ2v) is 8.91. The number of hydrogen-bond donors (Lipinski definition) is 1. The average Bonchev–Trinajstić information content (AvgIpc) is 3.22. The smallest absolute Gasteiger partial charge is 0.336 e. The van der Waals surface area contributed by atoms with Crippen LogP contribution in [0.15, 0.2) is 48.5 Å². The fourth-order valence-corrected chi connectivity index (χ4v) is 3.57. The minimum absolute atomic E-state index is 0.0602. The Morgan fingerprint density at radius 3 is 2.45 bits per heavy atom. The minimum Gasteiger partial charge on any atom is -0.462 e. The zero-order valence-electron chi connectivity index (χ0n) is 20.3. The molecule has 6 nitrogen and oxygen atoms in total. The standard InChI is InChI=1S/C27H36N4O2/c1-5-6-7-8-9-14-25(32)28-22-15-17-23(18-16-22)31-26(24-13-11-10-12-21(24)4)29-27(30-31)33-19-20(2)3/h10-13,15-18,20H,5-9,14,19H2,1-4H3,(H,28,32). The molecule has 0 spiro atoms. The van der Waals surface area contributed by atoms with Gasteiger partial charge in [0.2, 0.25) is 5.91 Å². The van der Waals surface area contributed by atoms with Crippen molar-refractivity contribution >= 4 is 11.6 Å². The topological polar surface area (TPSA) is 69.0 Å². The predicted octanol–water partition coefficient (Wildman–Crippen LogP) is 6.58. The number of anilines is 1. The van der Waals surface area contributed by atoms with Crippen molar-refractivity contribution in [3.63, 3.8) is 0 Å². The molecule has 0 bridgehead atoms. The molecule has 1 heterocycles. The number of hydrogen-bond acceptors (Lipinski definition) is 4. The molecule has 6 heteroatoms. The van der Waals surface area contributed by atoms with Gasteiger partial charge in [0.15, 0.2) is 5.82 Å². The highest BCUT2D eigenvalue weighted by Crippen LogP contribution is 2.27. The zero-order valence-corrected chi connectivity index (χ0v) is 20.3. The summed E-state index contributed by atoms with van der Waals surface area (Å²) < 4.78 is 7.61. The van der Waals surface area contributed by atoms with E-state index >= 15 is 0 Å². The molecule has 1 N–H and O–H groups in total. The van der Waals surface area contributed by atoms with Crippen LogP contribution in [0.4, 0.5) is 5.69 Å². The Bertz CT molecular complexity index is 1020. The van der Waals surface area contributed by atoms with Crippen molar-refractivity contribution in [3.8, 4) is 23.1 Å². The summed E-state index contributed by atoms with van der Waals surface area (Å²) >= 11 is 0. The molecule has 176 valence electrons. The first kappa shape index (κ1) is 24.5. The van der Waals surface area contributed by atoms with Crippen molar-refractivity contribution in [1.29, 1.82) is 0 Å². The predicted molar refractivity (Wildman–Crippen MR) is 134 cm³/mol. The lowest BCUT2D eigenvalue weighted by atomic mass is 10.1. The SMILES string of the molecule is CCCCCCCC(=O)Nc1ccc(-n2nc(OCC(C)C)nc2-c2ccccc2C)cc1. The van der Waals surface area contributed by atoms with Crippen molar-refractivity contribution in [3.05, 3.63) is 54.1 Å². The van der Waals surface area contributed by atoms with Crippen LogP contribution >= 0.6 is 0 Å². The van der Waals surface area contributed by atoms with Crippen molar-refractivity contribution < 1.29 is 9.53 Å². The summed E-state index contributed by atoms with van der Waals surface area (Å²) in [4.78, 5) is 16.9. The number of carbonyl (C=O) groups is 1. The molecule has 0 unspecified atom stereocenters. The Balaban J connectivity index is 1.75. The van der Waals surface area contributed by atoms with Crippen LogP contribution < -0.4 is 10.1 Å². The molecular formula is C27H36N4O2. The fourth-order valence-electron chi connectivity index (χ4n) is 3.57. The second-order valence-electron chi connectivity index (χ2n) is 8.91. The number of benzene rings is 2. The molecule has 0 aliphatic carbocycles. The van der Waals surface area contributed by atoms with E-state index in [1.54, 1.807) is 4.68 Å². The number of ether oxygens (including phenoxy) is 1. The minimum atomic E-state index is 0.0602. The second kappa shape index (κ2) is 12.2. The van der Waals surface area contributed by atoms with Crippen molar-refractivity contribution in [2.75, 3.05) is 11.9 Å². The van der Waals surface area contributed by atoms with Gasteiger partial charge in [0.1, 0.15) is 0 Å². The van der Waals surface area contributed by atoms with Crippen LogP contribution in [-0.2, 0) is 4.79 Å². The number of amides is 1. The molecule has 1 aromatic heterocycles. The highest BCUT2D eigenvalue weighted by molar-refractivity contribution is 5.90. The molecule has 0 aliphatic heterocycles. The van der Waals surface area contributed by atoms with Gasteiger partial charge in [-0.25, -0.2) is 4.68 Å². The van der Waals surface area contributed by atoms with Crippen LogP contribution in [0.3, 0.4) is 0 Å². The number of nitrogens with zero attached hydrogens (tertiary/aromatic N) is 3. The summed E-state index contributed by atoms with van der Waals surface area (Å²) in [5, 5.41) is 7.62. The Morgan fingerprint density at radius 1 is 1.03 bits per heavy atom. The molecule has 0 atom stereocenters. The summed E-state index contributed by atoms with van der Waals surface area (Å²) in [6.07, 6.45) is 6.24. The number of aromatic nitrogens is 3. The van der Waals surface area contributed by atoms with Crippen molar-refractivity contribution in [1.82, 2.24) is 14.8 Å². The molecular weight excluding hydrogens is 412 g/mol. The van der Waals surface area contributed by atoms with Gasteiger partial charge < -0.3 is 10.1 Å². The molecule has 0 fully saturated rings. The Morgan fingerprint density at radius 2 is 1.76 bits per heavy atom. The van der Waals surface area contributed by atoms with E-state index in [1.165, 1.54) is 19.3 Å². The van der Waals surface area contributed by atoms with Crippen LogP contribution in [0, 0.1) is 12.8 Å². The van der Waals surface area contributed by atoms with Gasteiger partial charge in [-0.05, 0) is 49.1 Å². The van der Waals surface area contributed by atoms with Crippen LogP contribution in [0.25, 0.3) is 17.1 Å². The first-order valence-electron chi connectivity index (χ1n) is 12.0. The summed E-state index contributed by atoms with van der Waals surface area (Å²) in [5.41, 5.74) is 3.76. The summed E-state index contributed by atoms with van der Waals surface area (Å²) in [5.74, 6) is 1.18. The molecule has 33 heavy (non-hydrogen) atoms. The molecule has 3 rings (SSSR count). The lowest BCUT2D eigenvalue weighted by molar-refractivity contribution is -0.116. The van der Waals surface area contributed by atoms with Gasteiger partial charge in [0.05, 0.1) is 12.3 Å². The van der Waals surface area contributed by atoms with Gasteiger partial charge in [-0.1, -0.05) is 70.7 Å². The summed E-state index contributed by atoms with van der Waals surface area (Å²) in [6, 6.07) is 16.2. The van der Waals surface area contributed by atoms with Crippen molar-refractivity contribution in [2.24, 2.45) is 5.92 Å². The Labute approximate surface area is 197 Å². The fraction of sp³-hybridized carbons (Fsp3) is 0.444. The largest absolute Gasteiger partial charge is 0.462 e. The first-order valence-corrected chi connectivity index (χ1v) is 12.0. The van der Waals surface area contributed by atoms with E-state index in [2.05, 4.69) is 49.2 Å². The van der Waals surface area contributed by atoms with Crippen LogP contribution in [-0.4, -0.2) is 27.3 Å². The normalized spacial score (nSPS) is 11.1. The van der Waals surface area contributed by atoms with Gasteiger partial charge in [0, 0.05) is 17.7 Å². The van der Waals surface area contributed by atoms with Crippen LogP contribution in [0.5, 0.6) is 6.01 Å². The third kappa shape index (κ3) is 7.17. The van der Waals surface area contributed by atoms with E-state index in [9.17, 15) is 4.79 Å². The molecule has 0 radical (unpaired) electrons. The molecule has 0 saturated carbocycles. The average molecular weight is 449 g/mol. The third-order valence-electron chi connectivity index (χ3n) is 5.42. The van der Waals surface area contributed by atoms with Crippen LogP contribution in [0.1, 0.15) is 64.9 Å². The monoisotopic (exact) mass is 448 g/mol. The number of nitrogens with one attached hydrogen (secondary N) is 1. The lowest BCUT2D eigenvalue weighted by Gasteiger charge is -2.09. The summed E-state index contributed by atoms with van der Waals surface area (Å²) in [6.45, 7) is 9.00. The third-order valence-corrected chi connectivity index (χ3v) is 5.42. The molecule has 0 aliphatic rings. The van der Waals surface area contributed by atoms with Gasteiger partial charge in [-0.2, -0.15) is 4.98 Å². The van der Waals surface area contributed by atoms with E-state index < -0.39 is 0 Å². The van der Waals surface area contributed by atoms with E-state index in [0.717, 1.165) is 41.2 Å². The van der Waals surface area contributed by atoms with Gasteiger partial charge in [-0.3, -0.25) is 4.79 Å². The Kier molecular flexibility index (Phi) is 9.04. The molecule has 3 aromatic rings. The van der Waals surface area contributed by atoms with E-state index in [1.807, 2.05) is 42.5 Å². The van der Waals surface area contributed by atoms with Crippen LogP contribution in [0.2, 0.25) is 0 Å². The quantitative estimate of drug-likeness (QED) is 0.318. The maximum Gasteiger partial charge on any atom is 0.336 e. The molecule has 2 aromatic carbocycles. The lowest BCUT2D eigenvalue weighted by Crippen LogP contribution is -2.11. The highest BCUT2D eigenvalue weighted by Gasteiger charge is 2.16.